The minimum absolute atomic E-state index is 0.00961. The van der Waals surface area contributed by atoms with E-state index in [2.05, 4.69) is 4.72 Å². The van der Waals surface area contributed by atoms with Crippen molar-refractivity contribution in [2.45, 2.75) is 29.7 Å². The number of hydrogen-bond acceptors (Lipinski definition) is 4. The Kier molecular flexibility index (Phi) is 4.59. The molecule has 1 aliphatic carbocycles. The molecular formula is C17H17FN2O4S. The molecule has 0 saturated heterocycles. The number of hydroxylamine groups is 1. The quantitative estimate of drug-likeness (QED) is 0.560. The van der Waals surface area contributed by atoms with E-state index in [1.165, 1.54) is 29.7 Å². The highest BCUT2D eigenvalue weighted by atomic mass is 32.2. The zero-order valence-electron chi connectivity index (χ0n) is 13.2. The lowest BCUT2D eigenvalue weighted by atomic mass is 9.77. The Hall–Kier alpha value is -2.29. The van der Waals surface area contributed by atoms with E-state index in [4.69, 9.17) is 5.21 Å². The summed E-state index contributed by atoms with van der Waals surface area (Å²) in [6, 6.07) is 11.9. The minimum Gasteiger partial charge on any atom is -0.289 e. The largest absolute Gasteiger partial charge is 0.289 e. The Morgan fingerprint density at radius 2 is 1.52 bits per heavy atom. The van der Waals surface area contributed by atoms with E-state index in [-0.39, 0.29) is 10.7 Å². The molecular weight excluding hydrogens is 347 g/mol. The summed E-state index contributed by atoms with van der Waals surface area (Å²) in [6.45, 7) is 0. The first-order valence-corrected chi connectivity index (χ1v) is 9.19. The highest BCUT2D eigenvalue weighted by molar-refractivity contribution is 7.89. The van der Waals surface area contributed by atoms with Crippen molar-refractivity contribution in [1.82, 2.24) is 10.2 Å². The van der Waals surface area contributed by atoms with Crippen LogP contribution in [-0.2, 0) is 14.8 Å². The van der Waals surface area contributed by atoms with E-state index >= 15 is 0 Å². The first-order valence-electron chi connectivity index (χ1n) is 7.71. The lowest BCUT2D eigenvalue weighted by Crippen LogP contribution is -2.62. The van der Waals surface area contributed by atoms with Crippen molar-refractivity contribution >= 4 is 15.9 Å². The number of carbonyl (C=O) groups is 1. The third kappa shape index (κ3) is 3.41. The van der Waals surface area contributed by atoms with E-state index in [0.717, 1.165) is 11.1 Å². The van der Waals surface area contributed by atoms with E-state index in [1.54, 1.807) is 24.3 Å². The molecule has 0 aromatic heterocycles. The second kappa shape index (κ2) is 6.55. The molecule has 1 aliphatic rings. The van der Waals surface area contributed by atoms with Crippen LogP contribution in [0.2, 0.25) is 0 Å². The Labute approximate surface area is 144 Å². The van der Waals surface area contributed by atoms with Crippen LogP contribution in [0.5, 0.6) is 0 Å². The standard InChI is InChI=1S/C17H17FN2O4S/c18-14-6-2-12(3-7-14)13-4-8-15(9-5-13)25(23,24)20-17(10-1-11-17)16(21)19-22/h2-9,20,22H,1,10-11H2,(H,19,21). The SMILES string of the molecule is O=C(NO)C1(NS(=O)(=O)c2ccc(-c3ccc(F)cc3)cc2)CCC1. The Balaban J connectivity index is 1.83. The van der Waals surface area contributed by atoms with Gasteiger partial charge in [0, 0.05) is 0 Å². The molecule has 3 rings (SSSR count). The predicted octanol–water partition coefficient (Wildman–Crippen LogP) is 2.20. The zero-order valence-corrected chi connectivity index (χ0v) is 14.0. The number of benzene rings is 2. The summed E-state index contributed by atoms with van der Waals surface area (Å²) in [4.78, 5) is 11.8. The van der Waals surface area contributed by atoms with Gasteiger partial charge in [-0.1, -0.05) is 24.3 Å². The van der Waals surface area contributed by atoms with Crippen LogP contribution in [0.25, 0.3) is 11.1 Å². The van der Waals surface area contributed by atoms with E-state index in [0.29, 0.717) is 19.3 Å². The molecule has 0 heterocycles. The third-order valence-electron chi connectivity index (χ3n) is 4.42. The topological polar surface area (TPSA) is 95.5 Å². The van der Waals surface area contributed by atoms with Crippen molar-refractivity contribution in [2.24, 2.45) is 0 Å². The van der Waals surface area contributed by atoms with Crippen LogP contribution in [0.15, 0.2) is 53.4 Å². The molecule has 132 valence electrons. The van der Waals surface area contributed by atoms with Gasteiger partial charge < -0.3 is 0 Å². The van der Waals surface area contributed by atoms with Crippen molar-refractivity contribution in [2.75, 3.05) is 0 Å². The molecule has 2 aromatic rings. The molecule has 0 spiro atoms. The molecule has 0 aliphatic heterocycles. The van der Waals surface area contributed by atoms with Gasteiger partial charge >= 0.3 is 0 Å². The summed E-state index contributed by atoms with van der Waals surface area (Å²) < 4.78 is 40.4. The molecule has 1 fully saturated rings. The van der Waals surface area contributed by atoms with Gasteiger partial charge in [-0.3, -0.25) is 10.0 Å². The van der Waals surface area contributed by atoms with Crippen LogP contribution in [0.4, 0.5) is 4.39 Å². The van der Waals surface area contributed by atoms with Crippen LogP contribution < -0.4 is 10.2 Å². The molecule has 6 nitrogen and oxygen atoms in total. The fraction of sp³-hybridized carbons (Fsp3) is 0.235. The molecule has 0 radical (unpaired) electrons. The highest BCUT2D eigenvalue weighted by Crippen LogP contribution is 2.34. The average molecular weight is 364 g/mol. The first-order chi connectivity index (χ1) is 11.9. The molecule has 1 saturated carbocycles. The van der Waals surface area contributed by atoms with Gasteiger partial charge in [0.05, 0.1) is 4.90 Å². The zero-order chi connectivity index (χ0) is 18.1. The molecule has 3 N–H and O–H groups in total. The van der Waals surface area contributed by atoms with Gasteiger partial charge in [0.1, 0.15) is 11.4 Å². The molecule has 1 amide bonds. The molecule has 8 heteroatoms. The Bertz CT molecular complexity index is 876. The fourth-order valence-corrected chi connectivity index (χ4v) is 4.22. The van der Waals surface area contributed by atoms with Crippen LogP contribution in [-0.4, -0.2) is 25.1 Å². The van der Waals surface area contributed by atoms with Crippen LogP contribution in [0, 0.1) is 5.82 Å². The molecule has 25 heavy (non-hydrogen) atoms. The van der Waals surface area contributed by atoms with Gasteiger partial charge in [0.2, 0.25) is 10.0 Å². The van der Waals surface area contributed by atoms with Gasteiger partial charge in [-0.2, -0.15) is 4.72 Å². The summed E-state index contributed by atoms with van der Waals surface area (Å²) in [5.74, 6) is -1.11. The van der Waals surface area contributed by atoms with Crippen LogP contribution >= 0.6 is 0 Å². The maximum Gasteiger partial charge on any atom is 0.264 e. The predicted molar refractivity (Wildman–Crippen MR) is 88.7 cm³/mol. The average Bonchev–Trinajstić information content (AvgIpc) is 2.58. The summed E-state index contributed by atoms with van der Waals surface area (Å²) >= 11 is 0. The number of rotatable bonds is 5. The monoisotopic (exact) mass is 364 g/mol. The number of halogens is 1. The number of nitrogens with one attached hydrogen (secondary N) is 2. The second-order valence-electron chi connectivity index (χ2n) is 6.01. The lowest BCUT2D eigenvalue weighted by molar-refractivity contribution is -0.138. The summed E-state index contributed by atoms with van der Waals surface area (Å²) in [5, 5.41) is 8.82. The normalized spacial score (nSPS) is 16.1. The maximum absolute atomic E-state index is 13.0. The van der Waals surface area contributed by atoms with Crippen molar-refractivity contribution < 1.29 is 22.8 Å². The summed E-state index contributed by atoms with van der Waals surface area (Å²) in [6.07, 6.45) is 1.35. The van der Waals surface area contributed by atoms with Gasteiger partial charge in [-0.15, -0.1) is 0 Å². The lowest BCUT2D eigenvalue weighted by Gasteiger charge is -2.39. The molecule has 0 atom stereocenters. The van der Waals surface area contributed by atoms with E-state index < -0.39 is 21.5 Å². The van der Waals surface area contributed by atoms with Crippen molar-refractivity contribution in [3.05, 3.63) is 54.3 Å². The van der Waals surface area contributed by atoms with Gasteiger partial charge in [0.25, 0.3) is 5.91 Å². The van der Waals surface area contributed by atoms with E-state index in [9.17, 15) is 17.6 Å². The molecule has 0 bridgehead atoms. The number of hydrogen-bond donors (Lipinski definition) is 3. The number of carbonyl (C=O) groups excluding carboxylic acids is 1. The molecule has 0 unspecified atom stereocenters. The Morgan fingerprint density at radius 1 is 1.00 bits per heavy atom. The van der Waals surface area contributed by atoms with Crippen LogP contribution in [0.3, 0.4) is 0 Å². The minimum atomic E-state index is -3.92. The molecule has 2 aromatic carbocycles. The van der Waals surface area contributed by atoms with Gasteiger partial charge in [0.15, 0.2) is 0 Å². The van der Waals surface area contributed by atoms with Gasteiger partial charge in [-0.25, -0.2) is 18.3 Å². The first kappa shape index (κ1) is 17.5. The van der Waals surface area contributed by atoms with Crippen LogP contribution in [0.1, 0.15) is 19.3 Å². The Morgan fingerprint density at radius 3 is 1.96 bits per heavy atom. The van der Waals surface area contributed by atoms with Crippen molar-refractivity contribution in [3.8, 4) is 11.1 Å². The summed E-state index contributed by atoms with van der Waals surface area (Å²) in [5.41, 5.74) is 1.72. The van der Waals surface area contributed by atoms with Gasteiger partial charge in [-0.05, 0) is 54.7 Å². The number of amides is 1. The smallest absolute Gasteiger partial charge is 0.264 e. The summed E-state index contributed by atoms with van der Waals surface area (Å²) in [7, 11) is -3.92. The van der Waals surface area contributed by atoms with E-state index in [1.807, 2.05) is 0 Å². The third-order valence-corrected chi connectivity index (χ3v) is 5.97. The highest BCUT2D eigenvalue weighted by Gasteiger charge is 2.47. The van der Waals surface area contributed by atoms with Crippen molar-refractivity contribution in [1.29, 1.82) is 0 Å². The second-order valence-corrected chi connectivity index (χ2v) is 7.70. The van der Waals surface area contributed by atoms with Crippen molar-refractivity contribution in [3.63, 3.8) is 0 Å². The fourth-order valence-electron chi connectivity index (χ4n) is 2.80. The number of sulfonamides is 1. The maximum atomic E-state index is 13.0.